The second-order valence-electron chi connectivity index (χ2n) is 6.50. The minimum absolute atomic E-state index is 0.174. The third kappa shape index (κ3) is 8.54. The van der Waals surface area contributed by atoms with Crippen molar-refractivity contribution >= 4 is 5.91 Å². The molecule has 1 rings (SSSR count). The summed E-state index contributed by atoms with van der Waals surface area (Å²) in [6.07, 6.45) is 7.24. The fourth-order valence-electron chi connectivity index (χ4n) is 2.74. The highest BCUT2D eigenvalue weighted by atomic mass is 16.5. The SMILES string of the molecule is CC(C)COCCCNC(=O)CCC1CCCC(N)C1. The Balaban J connectivity index is 1.95. The summed E-state index contributed by atoms with van der Waals surface area (Å²) in [5, 5.41) is 2.97. The predicted octanol–water partition coefficient (Wildman–Crippen LogP) is 2.46. The number of hydrogen-bond acceptors (Lipinski definition) is 3. The van der Waals surface area contributed by atoms with Crippen LogP contribution in [0, 0.1) is 11.8 Å². The molecule has 0 radical (unpaired) electrons. The van der Waals surface area contributed by atoms with Gasteiger partial charge in [0.25, 0.3) is 0 Å². The maximum atomic E-state index is 11.7. The molecule has 1 fully saturated rings. The first-order chi connectivity index (χ1) is 9.58. The number of rotatable bonds is 9. The smallest absolute Gasteiger partial charge is 0.220 e. The molecule has 4 nitrogen and oxygen atoms in total. The molecule has 0 aliphatic heterocycles. The first-order valence-electron chi connectivity index (χ1n) is 8.18. The van der Waals surface area contributed by atoms with Crippen LogP contribution >= 0.6 is 0 Å². The summed E-state index contributed by atoms with van der Waals surface area (Å²) in [6.45, 7) is 6.53. The summed E-state index contributed by atoms with van der Waals surface area (Å²) in [5.41, 5.74) is 5.96. The summed E-state index contributed by atoms with van der Waals surface area (Å²) >= 11 is 0. The van der Waals surface area contributed by atoms with E-state index in [1.165, 1.54) is 12.8 Å². The van der Waals surface area contributed by atoms with Crippen molar-refractivity contribution in [3.8, 4) is 0 Å². The molecule has 0 aromatic heterocycles. The Hall–Kier alpha value is -0.610. The van der Waals surface area contributed by atoms with E-state index in [4.69, 9.17) is 10.5 Å². The molecule has 0 saturated heterocycles. The van der Waals surface area contributed by atoms with Crippen LogP contribution in [0.15, 0.2) is 0 Å². The predicted molar refractivity (Wildman–Crippen MR) is 82.5 cm³/mol. The van der Waals surface area contributed by atoms with Gasteiger partial charge in [-0.05, 0) is 37.5 Å². The summed E-state index contributed by atoms with van der Waals surface area (Å²) in [4.78, 5) is 11.7. The van der Waals surface area contributed by atoms with Gasteiger partial charge in [0.1, 0.15) is 0 Å². The summed E-state index contributed by atoms with van der Waals surface area (Å²) < 4.78 is 5.48. The third-order valence-electron chi connectivity index (χ3n) is 3.84. The van der Waals surface area contributed by atoms with Crippen molar-refractivity contribution in [1.82, 2.24) is 5.32 Å². The van der Waals surface area contributed by atoms with Gasteiger partial charge in [-0.15, -0.1) is 0 Å². The first kappa shape index (κ1) is 17.4. The fourth-order valence-corrected chi connectivity index (χ4v) is 2.74. The van der Waals surface area contributed by atoms with Crippen LogP contribution in [-0.2, 0) is 9.53 Å². The summed E-state index contributed by atoms with van der Waals surface area (Å²) in [5.74, 6) is 1.40. The van der Waals surface area contributed by atoms with Gasteiger partial charge in [0.05, 0.1) is 0 Å². The molecule has 1 amide bonds. The van der Waals surface area contributed by atoms with Crippen molar-refractivity contribution in [1.29, 1.82) is 0 Å². The van der Waals surface area contributed by atoms with Crippen LogP contribution in [0.1, 0.15) is 58.8 Å². The monoisotopic (exact) mass is 284 g/mol. The van der Waals surface area contributed by atoms with E-state index < -0.39 is 0 Å². The molecule has 1 aliphatic carbocycles. The second kappa shape index (κ2) is 10.2. The molecule has 0 spiro atoms. The molecule has 20 heavy (non-hydrogen) atoms. The lowest BCUT2D eigenvalue weighted by atomic mass is 9.83. The van der Waals surface area contributed by atoms with E-state index in [1.54, 1.807) is 0 Å². The maximum Gasteiger partial charge on any atom is 0.220 e. The summed E-state index contributed by atoms with van der Waals surface area (Å²) in [7, 11) is 0. The lowest BCUT2D eigenvalue weighted by Crippen LogP contribution is -2.29. The number of ether oxygens (including phenoxy) is 1. The van der Waals surface area contributed by atoms with Crippen LogP contribution in [0.3, 0.4) is 0 Å². The number of hydrogen-bond donors (Lipinski definition) is 2. The van der Waals surface area contributed by atoms with E-state index in [2.05, 4.69) is 19.2 Å². The average Bonchev–Trinajstić information content (AvgIpc) is 2.40. The molecular weight excluding hydrogens is 252 g/mol. The Labute approximate surface area is 123 Å². The molecule has 0 aromatic carbocycles. The van der Waals surface area contributed by atoms with Crippen LogP contribution in [0.25, 0.3) is 0 Å². The molecule has 0 heterocycles. The average molecular weight is 284 g/mol. The minimum atomic E-state index is 0.174. The van der Waals surface area contributed by atoms with Gasteiger partial charge in [0.15, 0.2) is 0 Å². The normalized spacial score (nSPS) is 23.0. The number of nitrogens with one attached hydrogen (secondary N) is 1. The number of carbonyl (C=O) groups excluding carboxylic acids is 1. The van der Waals surface area contributed by atoms with E-state index in [-0.39, 0.29) is 5.91 Å². The van der Waals surface area contributed by atoms with Gasteiger partial charge in [-0.1, -0.05) is 26.7 Å². The van der Waals surface area contributed by atoms with Gasteiger partial charge < -0.3 is 15.8 Å². The zero-order valence-electron chi connectivity index (χ0n) is 13.2. The van der Waals surface area contributed by atoms with Crippen LogP contribution in [0.2, 0.25) is 0 Å². The lowest BCUT2D eigenvalue weighted by Gasteiger charge is -2.26. The molecule has 2 atom stereocenters. The Kier molecular flexibility index (Phi) is 8.86. The lowest BCUT2D eigenvalue weighted by molar-refractivity contribution is -0.121. The van der Waals surface area contributed by atoms with Crippen molar-refractivity contribution in [3.05, 3.63) is 0 Å². The molecule has 3 N–H and O–H groups in total. The van der Waals surface area contributed by atoms with Gasteiger partial charge in [-0.25, -0.2) is 0 Å². The van der Waals surface area contributed by atoms with Gasteiger partial charge in [0, 0.05) is 32.2 Å². The number of amides is 1. The first-order valence-corrected chi connectivity index (χ1v) is 8.18. The molecule has 118 valence electrons. The van der Waals surface area contributed by atoms with Crippen LogP contribution in [-0.4, -0.2) is 31.7 Å². The molecular formula is C16H32N2O2. The van der Waals surface area contributed by atoms with Crippen molar-refractivity contribution in [2.45, 2.75) is 64.8 Å². The van der Waals surface area contributed by atoms with E-state index >= 15 is 0 Å². The fraction of sp³-hybridized carbons (Fsp3) is 0.938. The number of nitrogens with two attached hydrogens (primary N) is 1. The number of carbonyl (C=O) groups is 1. The second-order valence-corrected chi connectivity index (χ2v) is 6.50. The molecule has 1 saturated carbocycles. The van der Waals surface area contributed by atoms with E-state index in [0.29, 0.717) is 24.3 Å². The van der Waals surface area contributed by atoms with Gasteiger partial charge in [-0.3, -0.25) is 4.79 Å². The topological polar surface area (TPSA) is 64.3 Å². The molecule has 4 heteroatoms. The van der Waals surface area contributed by atoms with Gasteiger partial charge >= 0.3 is 0 Å². The standard InChI is InChI=1S/C16H32N2O2/c1-13(2)12-20-10-4-9-18-16(19)8-7-14-5-3-6-15(17)11-14/h13-15H,3-12,17H2,1-2H3,(H,18,19). The van der Waals surface area contributed by atoms with Crippen molar-refractivity contribution < 1.29 is 9.53 Å². The van der Waals surface area contributed by atoms with Crippen LogP contribution in [0.4, 0.5) is 0 Å². The minimum Gasteiger partial charge on any atom is -0.381 e. The van der Waals surface area contributed by atoms with Crippen molar-refractivity contribution in [2.75, 3.05) is 19.8 Å². The van der Waals surface area contributed by atoms with Gasteiger partial charge in [-0.2, -0.15) is 0 Å². The highest BCUT2D eigenvalue weighted by Gasteiger charge is 2.19. The van der Waals surface area contributed by atoms with Crippen LogP contribution in [0.5, 0.6) is 0 Å². The van der Waals surface area contributed by atoms with E-state index in [0.717, 1.165) is 45.4 Å². The van der Waals surface area contributed by atoms with E-state index in [1.807, 2.05) is 0 Å². The summed E-state index contributed by atoms with van der Waals surface area (Å²) in [6, 6.07) is 0.356. The highest BCUT2D eigenvalue weighted by molar-refractivity contribution is 5.75. The Morgan fingerprint density at radius 1 is 1.40 bits per heavy atom. The van der Waals surface area contributed by atoms with E-state index in [9.17, 15) is 4.79 Å². The third-order valence-corrected chi connectivity index (χ3v) is 3.84. The molecule has 2 unspecified atom stereocenters. The zero-order valence-corrected chi connectivity index (χ0v) is 13.2. The Morgan fingerprint density at radius 2 is 2.20 bits per heavy atom. The largest absolute Gasteiger partial charge is 0.381 e. The molecule has 1 aliphatic rings. The zero-order chi connectivity index (χ0) is 14.8. The molecule has 0 aromatic rings. The Bertz CT molecular complexity index is 269. The quantitative estimate of drug-likeness (QED) is 0.639. The highest BCUT2D eigenvalue weighted by Crippen LogP contribution is 2.26. The maximum absolute atomic E-state index is 11.7. The molecule has 0 bridgehead atoms. The van der Waals surface area contributed by atoms with Crippen molar-refractivity contribution in [2.24, 2.45) is 17.6 Å². The van der Waals surface area contributed by atoms with Gasteiger partial charge in [0.2, 0.25) is 5.91 Å². The Morgan fingerprint density at radius 3 is 2.90 bits per heavy atom. The van der Waals surface area contributed by atoms with Crippen molar-refractivity contribution in [3.63, 3.8) is 0 Å². The van der Waals surface area contributed by atoms with Crippen LogP contribution < -0.4 is 11.1 Å².